The van der Waals surface area contributed by atoms with Crippen molar-refractivity contribution in [1.29, 1.82) is 0 Å². The second-order valence-corrected chi connectivity index (χ2v) is 5.69. The molecule has 0 fully saturated rings. The number of hydrogen-bond donors (Lipinski definition) is 1. The highest BCUT2D eigenvalue weighted by Gasteiger charge is 2.21. The fourth-order valence-electron chi connectivity index (χ4n) is 2.47. The maximum Gasteiger partial charge on any atom is 0.220 e. The van der Waals surface area contributed by atoms with Gasteiger partial charge in [0.1, 0.15) is 12.1 Å². The molecule has 0 heterocycles. The molecule has 2 atom stereocenters. The first-order valence-corrected chi connectivity index (χ1v) is 8.22. The lowest BCUT2D eigenvalue weighted by Gasteiger charge is -2.19. The summed E-state index contributed by atoms with van der Waals surface area (Å²) < 4.78 is 5.21. The standard InChI is InChI=1S/C17H28N2O3/c1-3-4-5-6-7-8-9-17(20)18-13-14-10-11-15(19-21)16(12-14)22-2/h10-12,15-16H,3-9,13H2,1-2H3,(H,18,20). The van der Waals surface area contributed by atoms with Crippen LogP contribution in [0.3, 0.4) is 0 Å². The van der Waals surface area contributed by atoms with E-state index in [4.69, 9.17) is 4.74 Å². The molecule has 0 aliphatic heterocycles. The molecule has 1 N–H and O–H groups in total. The number of ether oxygens (including phenoxy) is 1. The van der Waals surface area contributed by atoms with E-state index < -0.39 is 6.04 Å². The second-order valence-electron chi connectivity index (χ2n) is 5.69. The first-order chi connectivity index (χ1) is 10.7. The van der Waals surface area contributed by atoms with Crippen molar-refractivity contribution < 1.29 is 9.53 Å². The molecular formula is C17H28N2O3. The summed E-state index contributed by atoms with van der Waals surface area (Å²) in [6, 6.07) is -0.479. The molecule has 0 radical (unpaired) electrons. The van der Waals surface area contributed by atoms with Crippen molar-refractivity contribution in [2.24, 2.45) is 5.18 Å². The quantitative estimate of drug-likeness (QED) is 0.469. The third-order valence-corrected chi connectivity index (χ3v) is 3.86. The minimum absolute atomic E-state index is 0.0781. The van der Waals surface area contributed by atoms with Crippen LogP contribution in [-0.2, 0) is 9.53 Å². The van der Waals surface area contributed by atoms with Gasteiger partial charge in [-0.05, 0) is 18.1 Å². The summed E-state index contributed by atoms with van der Waals surface area (Å²) in [5.41, 5.74) is 0.947. The summed E-state index contributed by atoms with van der Waals surface area (Å²) in [4.78, 5) is 22.4. The number of nitrogens with zero attached hydrogens (tertiary/aromatic N) is 1. The SMILES string of the molecule is CCCCCCCCC(=O)NCC1=CC(OC)C(N=O)C=C1. The topological polar surface area (TPSA) is 67.8 Å². The van der Waals surface area contributed by atoms with Gasteiger partial charge >= 0.3 is 0 Å². The van der Waals surface area contributed by atoms with Gasteiger partial charge in [0, 0.05) is 20.1 Å². The summed E-state index contributed by atoms with van der Waals surface area (Å²) in [5, 5.41) is 5.92. The number of rotatable bonds is 11. The van der Waals surface area contributed by atoms with Gasteiger partial charge in [-0.1, -0.05) is 56.4 Å². The molecule has 1 aliphatic carbocycles. The van der Waals surface area contributed by atoms with Crippen molar-refractivity contribution >= 4 is 5.91 Å². The number of carbonyl (C=O) groups excluding carboxylic acids is 1. The molecule has 0 bridgehead atoms. The van der Waals surface area contributed by atoms with E-state index in [0.29, 0.717) is 13.0 Å². The summed E-state index contributed by atoms with van der Waals surface area (Å²) in [6.45, 7) is 2.67. The number of nitroso groups, excluding NO2 is 1. The van der Waals surface area contributed by atoms with E-state index in [9.17, 15) is 9.70 Å². The van der Waals surface area contributed by atoms with Crippen LogP contribution < -0.4 is 5.32 Å². The summed E-state index contributed by atoms with van der Waals surface area (Å²) in [7, 11) is 1.55. The molecule has 1 amide bonds. The van der Waals surface area contributed by atoms with Crippen LogP contribution in [0.4, 0.5) is 0 Å². The molecule has 0 aromatic rings. The Balaban J connectivity index is 2.20. The Morgan fingerprint density at radius 3 is 2.68 bits per heavy atom. The molecule has 0 aromatic carbocycles. The summed E-state index contributed by atoms with van der Waals surface area (Å²) in [6.07, 6.45) is 12.7. The van der Waals surface area contributed by atoms with E-state index >= 15 is 0 Å². The van der Waals surface area contributed by atoms with Crippen molar-refractivity contribution in [3.8, 4) is 0 Å². The molecule has 0 saturated carbocycles. The Hall–Kier alpha value is -1.49. The lowest BCUT2D eigenvalue weighted by Crippen LogP contribution is -2.29. The average molecular weight is 308 g/mol. The van der Waals surface area contributed by atoms with Crippen LogP contribution in [0.5, 0.6) is 0 Å². The van der Waals surface area contributed by atoms with Crippen LogP contribution in [0.15, 0.2) is 29.0 Å². The zero-order valence-corrected chi connectivity index (χ0v) is 13.7. The summed E-state index contributed by atoms with van der Waals surface area (Å²) in [5.74, 6) is 0.0781. The molecule has 22 heavy (non-hydrogen) atoms. The average Bonchev–Trinajstić information content (AvgIpc) is 2.55. The first kappa shape index (κ1) is 18.6. The maximum atomic E-state index is 11.8. The number of unbranched alkanes of at least 4 members (excludes halogenated alkanes) is 5. The van der Waals surface area contributed by atoms with Gasteiger partial charge in [-0.15, -0.1) is 0 Å². The smallest absolute Gasteiger partial charge is 0.220 e. The number of amides is 1. The molecule has 0 aromatic heterocycles. The summed E-state index contributed by atoms with van der Waals surface area (Å²) >= 11 is 0. The zero-order valence-electron chi connectivity index (χ0n) is 13.7. The monoisotopic (exact) mass is 308 g/mol. The van der Waals surface area contributed by atoms with E-state index in [0.717, 1.165) is 18.4 Å². The van der Waals surface area contributed by atoms with Crippen LogP contribution >= 0.6 is 0 Å². The molecule has 2 unspecified atom stereocenters. The second kappa shape index (κ2) is 11.1. The van der Waals surface area contributed by atoms with Crippen LogP contribution in [-0.4, -0.2) is 31.7 Å². The van der Waals surface area contributed by atoms with E-state index in [1.54, 1.807) is 13.2 Å². The number of carbonyl (C=O) groups is 1. The van der Waals surface area contributed by atoms with Gasteiger partial charge in [0.2, 0.25) is 5.91 Å². The number of methoxy groups -OCH3 is 1. The van der Waals surface area contributed by atoms with Gasteiger partial charge in [-0.3, -0.25) is 4.79 Å². The lowest BCUT2D eigenvalue weighted by molar-refractivity contribution is -0.121. The fraction of sp³-hybridized carbons (Fsp3) is 0.706. The Kier molecular flexibility index (Phi) is 9.39. The molecule has 124 valence electrons. The van der Waals surface area contributed by atoms with Crippen LogP contribution in [0.2, 0.25) is 0 Å². The Bertz CT molecular complexity index is 405. The van der Waals surface area contributed by atoms with E-state index in [1.165, 1.54) is 25.7 Å². The van der Waals surface area contributed by atoms with Crippen molar-refractivity contribution in [1.82, 2.24) is 5.32 Å². The molecule has 5 heteroatoms. The van der Waals surface area contributed by atoms with Crippen molar-refractivity contribution in [3.63, 3.8) is 0 Å². The third kappa shape index (κ3) is 6.98. The fourth-order valence-corrected chi connectivity index (χ4v) is 2.47. The van der Waals surface area contributed by atoms with E-state index in [1.807, 2.05) is 12.2 Å². The van der Waals surface area contributed by atoms with Gasteiger partial charge in [0.15, 0.2) is 0 Å². The highest BCUT2D eigenvalue weighted by atomic mass is 16.5. The highest BCUT2D eigenvalue weighted by molar-refractivity contribution is 5.76. The predicted octanol–water partition coefficient (Wildman–Crippen LogP) is 3.50. The Morgan fingerprint density at radius 2 is 2.00 bits per heavy atom. The van der Waals surface area contributed by atoms with Crippen LogP contribution in [0.1, 0.15) is 51.9 Å². The molecule has 0 spiro atoms. The molecule has 1 aliphatic rings. The van der Waals surface area contributed by atoms with Gasteiger partial charge in [-0.2, -0.15) is 4.91 Å². The predicted molar refractivity (Wildman–Crippen MR) is 88.6 cm³/mol. The number of nitrogens with one attached hydrogen (secondary N) is 1. The van der Waals surface area contributed by atoms with Crippen LogP contribution in [0, 0.1) is 4.91 Å². The third-order valence-electron chi connectivity index (χ3n) is 3.86. The molecule has 0 saturated heterocycles. The van der Waals surface area contributed by atoms with E-state index in [2.05, 4.69) is 17.4 Å². The van der Waals surface area contributed by atoms with Crippen LogP contribution in [0.25, 0.3) is 0 Å². The van der Waals surface area contributed by atoms with Crippen molar-refractivity contribution in [2.45, 2.75) is 64.0 Å². The molecular weight excluding hydrogens is 280 g/mol. The minimum Gasteiger partial charge on any atom is -0.375 e. The van der Waals surface area contributed by atoms with Gasteiger partial charge in [0.05, 0.1) is 0 Å². The largest absolute Gasteiger partial charge is 0.375 e. The zero-order chi connectivity index (χ0) is 16.2. The Morgan fingerprint density at radius 1 is 1.27 bits per heavy atom. The first-order valence-electron chi connectivity index (χ1n) is 8.22. The maximum absolute atomic E-state index is 11.8. The normalized spacial score (nSPS) is 20.5. The van der Waals surface area contributed by atoms with Gasteiger partial charge < -0.3 is 10.1 Å². The highest BCUT2D eigenvalue weighted by Crippen LogP contribution is 2.16. The Labute approximate surface area is 133 Å². The lowest BCUT2D eigenvalue weighted by atomic mass is 10.0. The van der Waals surface area contributed by atoms with E-state index in [-0.39, 0.29) is 12.0 Å². The van der Waals surface area contributed by atoms with Crippen molar-refractivity contribution in [3.05, 3.63) is 28.7 Å². The van der Waals surface area contributed by atoms with Crippen molar-refractivity contribution in [2.75, 3.05) is 13.7 Å². The van der Waals surface area contributed by atoms with Gasteiger partial charge in [0.25, 0.3) is 0 Å². The number of hydrogen-bond acceptors (Lipinski definition) is 4. The molecule has 1 rings (SSSR count). The minimum atomic E-state index is -0.479. The molecule has 5 nitrogen and oxygen atoms in total. The van der Waals surface area contributed by atoms with Gasteiger partial charge in [-0.25, -0.2) is 0 Å².